The number of hydrogen-bond donors (Lipinski definition) is 1. The number of carbonyl (C=O) groups excluding carboxylic acids is 1. The normalized spacial score (nSPS) is 16.6. The van der Waals surface area contributed by atoms with Gasteiger partial charge >= 0.3 is 0 Å². The van der Waals surface area contributed by atoms with Gasteiger partial charge in [0, 0.05) is 5.69 Å². The molecule has 2 aromatic rings. The van der Waals surface area contributed by atoms with E-state index in [2.05, 4.69) is 10.3 Å². The second-order valence-corrected chi connectivity index (χ2v) is 4.52. The standard InChI is InChI=1S/C15H14N2O3/c1-10-5-4-8-14(16-10)17-15(18)13-9-19-11-6-2-3-7-12(11)20-13/h2-8,13H,9H2,1H3,(H,16,17,18)/t13-/m0/s1. The fraction of sp³-hybridized carbons (Fsp3) is 0.200. The monoisotopic (exact) mass is 270 g/mol. The van der Waals surface area contributed by atoms with E-state index in [4.69, 9.17) is 9.47 Å². The first-order valence-electron chi connectivity index (χ1n) is 6.35. The van der Waals surface area contributed by atoms with Crippen LogP contribution in [-0.2, 0) is 4.79 Å². The smallest absolute Gasteiger partial charge is 0.270 e. The summed E-state index contributed by atoms with van der Waals surface area (Å²) in [5.41, 5.74) is 0.842. The van der Waals surface area contributed by atoms with Crippen LogP contribution in [0.3, 0.4) is 0 Å². The summed E-state index contributed by atoms with van der Waals surface area (Å²) in [6, 6.07) is 12.7. The molecule has 0 radical (unpaired) electrons. The molecule has 0 unspecified atom stereocenters. The van der Waals surface area contributed by atoms with E-state index in [-0.39, 0.29) is 12.5 Å². The number of benzene rings is 1. The van der Waals surface area contributed by atoms with Crippen LogP contribution in [0.25, 0.3) is 0 Å². The van der Waals surface area contributed by atoms with Gasteiger partial charge in [-0.1, -0.05) is 18.2 Å². The molecule has 0 saturated carbocycles. The summed E-state index contributed by atoms with van der Waals surface area (Å²) in [5, 5.41) is 2.73. The molecule has 20 heavy (non-hydrogen) atoms. The number of nitrogens with zero attached hydrogens (tertiary/aromatic N) is 1. The zero-order valence-electron chi connectivity index (χ0n) is 11.0. The van der Waals surface area contributed by atoms with E-state index in [0.29, 0.717) is 17.3 Å². The largest absolute Gasteiger partial charge is 0.485 e. The summed E-state index contributed by atoms with van der Waals surface area (Å²) in [5.74, 6) is 1.48. The summed E-state index contributed by atoms with van der Waals surface area (Å²) >= 11 is 0. The van der Waals surface area contributed by atoms with Gasteiger partial charge in [-0.15, -0.1) is 0 Å². The van der Waals surface area contributed by atoms with Crippen LogP contribution in [0.5, 0.6) is 11.5 Å². The molecule has 0 spiro atoms. The van der Waals surface area contributed by atoms with Crippen LogP contribution in [0, 0.1) is 6.92 Å². The van der Waals surface area contributed by atoms with Gasteiger partial charge < -0.3 is 14.8 Å². The first-order chi connectivity index (χ1) is 9.72. The van der Waals surface area contributed by atoms with Crippen LogP contribution in [-0.4, -0.2) is 23.6 Å². The van der Waals surface area contributed by atoms with E-state index >= 15 is 0 Å². The Kier molecular flexibility index (Phi) is 3.25. The predicted molar refractivity (Wildman–Crippen MR) is 74.0 cm³/mol. The van der Waals surface area contributed by atoms with Crippen LogP contribution in [0.15, 0.2) is 42.5 Å². The lowest BCUT2D eigenvalue weighted by Crippen LogP contribution is -2.40. The minimum atomic E-state index is -0.674. The number of para-hydroxylation sites is 2. The molecule has 1 amide bonds. The molecule has 0 fully saturated rings. The Morgan fingerprint density at radius 1 is 1.20 bits per heavy atom. The summed E-state index contributed by atoms with van der Waals surface area (Å²) in [6.45, 7) is 2.06. The van der Waals surface area contributed by atoms with Crippen molar-refractivity contribution in [2.45, 2.75) is 13.0 Å². The lowest BCUT2D eigenvalue weighted by molar-refractivity contribution is -0.125. The minimum Gasteiger partial charge on any atom is -0.485 e. The van der Waals surface area contributed by atoms with E-state index in [1.807, 2.05) is 37.3 Å². The Bertz CT molecular complexity index is 643. The van der Waals surface area contributed by atoms with Gasteiger partial charge in [-0.25, -0.2) is 4.98 Å². The zero-order chi connectivity index (χ0) is 13.9. The van der Waals surface area contributed by atoms with Crippen LogP contribution in [0.2, 0.25) is 0 Å². The van der Waals surface area contributed by atoms with E-state index in [0.717, 1.165) is 5.69 Å². The van der Waals surface area contributed by atoms with Gasteiger partial charge in [0.25, 0.3) is 5.91 Å². The van der Waals surface area contributed by atoms with Crippen molar-refractivity contribution in [1.29, 1.82) is 0 Å². The summed E-state index contributed by atoms with van der Waals surface area (Å²) in [7, 11) is 0. The molecular weight excluding hydrogens is 256 g/mol. The van der Waals surface area contributed by atoms with Crippen molar-refractivity contribution in [2.75, 3.05) is 11.9 Å². The summed E-state index contributed by atoms with van der Waals surface area (Å²) < 4.78 is 11.1. The maximum absolute atomic E-state index is 12.1. The molecule has 2 heterocycles. The van der Waals surface area contributed by atoms with Crippen LogP contribution >= 0.6 is 0 Å². The molecule has 1 N–H and O–H groups in total. The molecule has 1 aliphatic heterocycles. The molecular formula is C15H14N2O3. The number of pyridine rings is 1. The van der Waals surface area contributed by atoms with Gasteiger partial charge in [0.15, 0.2) is 11.5 Å². The minimum absolute atomic E-state index is 0.189. The van der Waals surface area contributed by atoms with Gasteiger partial charge in [-0.05, 0) is 31.2 Å². The van der Waals surface area contributed by atoms with Crippen LogP contribution in [0.1, 0.15) is 5.69 Å². The van der Waals surface area contributed by atoms with Crippen LogP contribution < -0.4 is 14.8 Å². The molecule has 3 rings (SSSR count). The number of fused-ring (bicyclic) bond motifs is 1. The number of ether oxygens (including phenoxy) is 2. The van der Waals surface area contributed by atoms with Gasteiger partial charge in [0.05, 0.1) is 0 Å². The van der Waals surface area contributed by atoms with Crippen molar-refractivity contribution in [2.24, 2.45) is 0 Å². The third kappa shape index (κ3) is 2.56. The first-order valence-corrected chi connectivity index (χ1v) is 6.35. The lowest BCUT2D eigenvalue weighted by Gasteiger charge is -2.25. The molecule has 1 aromatic carbocycles. The SMILES string of the molecule is Cc1cccc(NC(=O)[C@@H]2COc3ccccc3O2)n1. The van der Waals surface area contributed by atoms with E-state index in [1.165, 1.54) is 0 Å². The van der Waals surface area contributed by atoms with Crippen LogP contribution in [0.4, 0.5) is 5.82 Å². The van der Waals surface area contributed by atoms with Gasteiger partial charge in [-0.2, -0.15) is 0 Å². The quantitative estimate of drug-likeness (QED) is 0.908. The Morgan fingerprint density at radius 2 is 2.00 bits per heavy atom. The first kappa shape index (κ1) is 12.5. The molecule has 1 aliphatic rings. The highest BCUT2D eigenvalue weighted by Crippen LogP contribution is 2.31. The highest BCUT2D eigenvalue weighted by atomic mass is 16.6. The molecule has 102 valence electrons. The van der Waals surface area contributed by atoms with Gasteiger partial charge in [-0.3, -0.25) is 4.79 Å². The molecule has 0 aliphatic carbocycles. The topological polar surface area (TPSA) is 60.5 Å². The molecule has 5 nitrogen and oxygen atoms in total. The highest BCUT2D eigenvalue weighted by molar-refractivity contribution is 5.93. The van der Waals surface area contributed by atoms with E-state index < -0.39 is 6.10 Å². The van der Waals surface area contributed by atoms with Crippen molar-refractivity contribution < 1.29 is 14.3 Å². The Balaban J connectivity index is 1.70. The number of aromatic nitrogens is 1. The molecule has 1 aromatic heterocycles. The van der Waals surface area contributed by atoms with Crippen molar-refractivity contribution in [3.8, 4) is 11.5 Å². The maximum atomic E-state index is 12.1. The fourth-order valence-corrected chi connectivity index (χ4v) is 1.97. The third-order valence-electron chi connectivity index (χ3n) is 2.94. The number of carbonyl (C=O) groups is 1. The lowest BCUT2D eigenvalue weighted by atomic mass is 10.2. The molecule has 1 atom stereocenters. The fourth-order valence-electron chi connectivity index (χ4n) is 1.97. The number of amides is 1. The van der Waals surface area contributed by atoms with Crippen molar-refractivity contribution in [3.63, 3.8) is 0 Å². The Hall–Kier alpha value is -2.56. The average molecular weight is 270 g/mol. The third-order valence-corrected chi connectivity index (χ3v) is 2.94. The van der Waals surface area contributed by atoms with Crippen molar-refractivity contribution >= 4 is 11.7 Å². The second-order valence-electron chi connectivity index (χ2n) is 4.52. The number of aryl methyl sites for hydroxylation is 1. The highest BCUT2D eigenvalue weighted by Gasteiger charge is 2.27. The van der Waals surface area contributed by atoms with Crippen molar-refractivity contribution in [1.82, 2.24) is 4.98 Å². The summed E-state index contributed by atoms with van der Waals surface area (Å²) in [4.78, 5) is 16.4. The predicted octanol–water partition coefficient (Wildman–Crippen LogP) is 2.17. The van der Waals surface area contributed by atoms with Gasteiger partial charge in [0.2, 0.25) is 6.10 Å². The van der Waals surface area contributed by atoms with E-state index in [1.54, 1.807) is 12.1 Å². The average Bonchev–Trinajstić information content (AvgIpc) is 2.47. The van der Waals surface area contributed by atoms with Gasteiger partial charge in [0.1, 0.15) is 12.4 Å². The number of nitrogens with one attached hydrogen (secondary N) is 1. The maximum Gasteiger partial charge on any atom is 0.270 e. The Labute approximate surface area is 116 Å². The zero-order valence-corrected chi connectivity index (χ0v) is 11.0. The molecule has 0 bridgehead atoms. The Morgan fingerprint density at radius 3 is 2.80 bits per heavy atom. The number of hydrogen-bond acceptors (Lipinski definition) is 4. The second kappa shape index (κ2) is 5.21. The number of rotatable bonds is 2. The molecule has 0 saturated heterocycles. The summed E-state index contributed by atoms with van der Waals surface area (Å²) in [6.07, 6.45) is -0.674. The van der Waals surface area contributed by atoms with E-state index in [9.17, 15) is 4.79 Å². The van der Waals surface area contributed by atoms with Crippen molar-refractivity contribution in [3.05, 3.63) is 48.2 Å². The molecule has 5 heteroatoms. The number of anilines is 1.